The number of hydrogen-bond donors (Lipinski definition) is 2. The summed E-state index contributed by atoms with van der Waals surface area (Å²) in [5.41, 5.74) is 1.38. The van der Waals surface area contributed by atoms with Gasteiger partial charge in [-0.15, -0.1) is 0 Å². The van der Waals surface area contributed by atoms with Gasteiger partial charge in [0.15, 0.2) is 0 Å². The van der Waals surface area contributed by atoms with Crippen molar-refractivity contribution < 1.29 is 33.9 Å². The van der Waals surface area contributed by atoms with Gasteiger partial charge in [-0.1, -0.05) is 56.5 Å². The van der Waals surface area contributed by atoms with E-state index in [0.29, 0.717) is 36.8 Å². The van der Waals surface area contributed by atoms with E-state index in [9.17, 15) is 10.2 Å². The fourth-order valence-electron chi connectivity index (χ4n) is 5.00. The summed E-state index contributed by atoms with van der Waals surface area (Å²) in [6.45, 7) is 7.03. The summed E-state index contributed by atoms with van der Waals surface area (Å²) < 4.78 is 31.1. The maximum absolute atomic E-state index is 10.4. The third kappa shape index (κ3) is 7.73. The van der Waals surface area contributed by atoms with E-state index < -0.39 is 36.8 Å². The van der Waals surface area contributed by atoms with Crippen molar-refractivity contribution in [1.29, 1.82) is 0 Å². The third-order valence-corrected chi connectivity index (χ3v) is 7.60. The van der Waals surface area contributed by atoms with E-state index in [-0.39, 0.29) is 6.42 Å². The summed E-state index contributed by atoms with van der Waals surface area (Å²) in [6, 6.07) is 13.6. The fourth-order valence-corrected chi connectivity index (χ4v) is 5.18. The summed E-state index contributed by atoms with van der Waals surface area (Å²) in [5, 5.41) is 21.4. The SMILES string of the molecule is CCCCO[C@H]1CC(CO)(CO)O[C@@](OC)(c2ccc(Cl)c(Cc3ccc(OCC)cc3)c2)[C@@H]1OCCCC. The average Bonchev–Trinajstić information content (AvgIpc) is 2.96. The lowest BCUT2D eigenvalue weighted by molar-refractivity contribution is -0.387. The minimum absolute atomic E-state index is 0.276. The molecule has 0 aromatic heterocycles. The van der Waals surface area contributed by atoms with E-state index in [1.165, 1.54) is 0 Å². The highest BCUT2D eigenvalue weighted by molar-refractivity contribution is 6.31. The van der Waals surface area contributed by atoms with Crippen LogP contribution in [0.3, 0.4) is 0 Å². The first kappa shape index (κ1) is 31.8. The van der Waals surface area contributed by atoms with Gasteiger partial charge >= 0.3 is 0 Å². The minimum Gasteiger partial charge on any atom is -0.494 e. The van der Waals surface area contributed by atoms with E-state index in [2.05, 4.69) is 13.8 Å². The molecular weight excluding hydrogens is 520 g/mol. The van der Waals surface area contributed by atoms with Gasteiger partial charge in [0.2, 0.25) is 5.79 Å². The first-order chi connectivity index (χ1) is 18.9. The molecule has 0 unspecified atom stereocenters. The first-order valence-corrected chi connectivity index (χ1v) is 14.5. The maximum atomic E-state index is 10.4. The lowest BCUT2D eigenvalue weighted by Crippen LogP contribution is -2.65. The smallest absolute Gasteiger partial charge is 0.225 e. The Kier molecular flexibility index (Phi) is 12.5. The molecule has 3 rings (SSSR count). The molecule has 2 aromatic carbocycles. The van der Waals surface area contributed by atoms with Gasteiger partial charge in [-0.2, -0.15) is 0 Å². The largest absolute Gasteiger partial charge is 0.494 e. The maximum Gasteiger partial charge on any atom is 0.225 e. The molecule has 1 fully saturated rings. The van der Waals surface area contributed by atoms with Crippen molar-refractivity contribution in [3.8, 4) is 5.75 Å². The van der Waals surface area contributed by atoms with Crippen LogP contribution < -0.4 is 4.74 Å². The standard InChI is InChI=1S/C31H45ClO7/c1-5-8-16-37-28-20-30(21-33,22-34)39-31(35-4,29(28)38-17-9-6-2)25-12-15-27(32)24(19-25)18-23-10-13-26(14-11-23)36-7-3/h10-15,19,28-29,33-34H,5-9,16-18,20-22H2,1-4H3/t28-,29+,31-/m0/s1. The van der Waals surface area contributed by atoms with Crippen molar-refractivity contribution in [2.45, 2.75) is 82.9 Å². The zero-order valence-electron chi connectivity index (χ0n) is 23.8. The summed E-state index contributed by atoms with van der Waals surface area (Å²) >= 11 is 6.67. The van der Waals surface area contributed by atoms with Crippen LogP contribution in [0.4, 0.5) is 0 Å². The molecule has 7 nitrogen and oxygen atoms in total. The van der Waals surface area contributed by atoms with Crippen LogP contribution in [0.25, 0.3) is 0 Å². The predicted molar refractivity (Wildman–Crippen MR) is 152 cm³/mol. The van der Waals surface area contributed by atoms with Gasteiger partial charge < -0.3 is 33.9 Å². The lowest BCUT2D eigenvalue weighted by Gasteiger charge is -2.53. The van der Waals surface area contributed by atoms with Crippen LogP contribution in [0.15, 0.2) is 42.5 Å². The molecule has 2 N–H and O–H groups in total. The Labute approximate surface area is 238 Å². The number of rotatable bonds is 16. The molecular formula is C31H45ClO7. The van der Waals surface area contributed by atoms with Gasteiger partial charge in [0.05, 0.1) is 25.9 Å². The van der Waals surface area contributed by atoms with Crippen molar-refractivity contribution in [3.05, 3.63) is 64.2 Å². The van der Waals surface area contributed by atoms with Crippen molar-refractivity contribution in [1.82, 2.24) is 0 Å². The monoisotopic (exact) mass is 564 g/mol. The van der Waals surface area contributed by atoms with Crippen LogP contribution in [0.2, 0.25) is 5.02 Å². The fraction of sp³-hybridized carbons (Fsp3) is 0.613. The van der Waals surface area contributed by atoms with Crippen LogP contribution in [-0.2, 0) is 31.2 Å². The normalized spacial score (nSPS) is 22.6. The van der Waals surface area contributed by atoms with E-state index >= 15 is 0 Å². The van der Waals surface area contributed by atoms with Gasteiger partial charge in [0.25, 0.3) is 0 Å². The Morgan fingerprint density at radius 1 is 0.949 bits per heavy atom. The molecule has 39 heavy (non-hydrogen) atoms. The molecule has 1 aliphatic heterocycles. The van der Waals surface area contributed by atoms with Crippen molar-refractivity contribution in [2.24, 2.45) is 0 Å². The number of methoxy groups -OCH3 is 1. The Bertz CT molecular complexity index is 995. The zero-order chi connectivity index (χ0) is 28.3. The van der Waals surface area contributed by atoms with Crippen LogP contribution in [0.5, 0.6) is 5.75 Å². The molecule has 1 saturated heterocycles. The number of aliphatic hydroxyl groups excluding tert-OH is 2. The van der Waals surface area contributed by atoms with Crippen LogP contribution in [-0.4, -0.2) is 68.2 Å². The second-order valence-electron chi connectivity index (χ2n) is 10.1. The Hall–Kier alpha value is -1.71. The Morgan fingerprint density at radius 3 is 2.21 bits per heavy atom. The second kappa shape index (κ2) is 15.3. The molecule has 3 atom stereocenters. The van der Waals surface area contributed by atoms with Gasteiger partial charge in [0, 0.05) is 37.3 Å². The van der Waals surface area contributed by atoms with Gasteiger partial charge in [-0.25, -0.2) is 0 Å². The highest BCUT2D eigenvalue weighted by Gasteiger charge is 2.58. The molecule has 0 amide bonds. The molecule has 8 heteroatoms. The lowest BCUT2D eigenvalue weighted by atomic mass is 9.83. The molecule has 0 spiro atoms. The summed E-state index contributed by atoms with van der Waals surface area (Å²) in [4.78, 5) is 0. The zero-order valence-corrected chi connectivity index (χ0v) is 24.5. The quantitative estimate of drug-likeness (QED) is 0.255. The molecule has 1 aliphatic rings. The number of ether oxygens (including phenoxy) is 5. The molecule has 0 saturated carbocycles. The molecule has 2 aromatic rings. The minimum atomic E-state index is -1.44. The number of unbranched alkanes of at least 4 members (excludes halogenated alkanes) is 2. The van der Waals surface area contributed by atoms with Crippen LogP contribution in [0.1, 0.15) is 69.6 Å². The number of halogens is 1. The Morgan fingerprint density at radius 2 is 1.62 bits per heavy atom. The first-order valence-electron chi connectivity index (χ1n) is 14.1. The molecule has 0 radical (unpaired) electrons. The summed E-state index contributed by atoms with van der Waals surface area (Å²) in [6.07, 6.45) is 3.48. The molecule has 0 bridgehead atoms. The van der Waals surface area contributed by atoms with Gasteiger partial charge in [-0.3, -0.25) is 0 Å². The van der Waals surface area contributed by atoms with Gasteiger partial charge in [-0.05, 0) is 61.6 Å². The van der Waals surface area contributed by atoms with Crippen molar-refractivity contribution >= 4 is 11.6 Å². The van der Waals surface area contributed by atoms with Crippen LogP contribution in [0, 0.1) is 0 Å². The molecule has 218 valence electrons. The van der Waals surface area contributed by atoms with Gasteiger partial charge in [0.1, 0.15) is 17.5 Å². The highest BCUT2D eigenvalue weighted by Crippen LogP contribution is 2.46. The predicted octanol–water partition coefficient (Wildman–Crippen LogP) is 5.64. The highest BCUT2D eigenvalue weighted by atomic mass is 35.5. The van der Waals surface area contributed by atoms with E-state index in [1.807, 2.05) is 49.4 Å². The molecule has 0 aliphatic carbocycles. The summed E-state index contributed by atoms with van der Waals surface area (Å²) in [7, 11) is 1.56. The van der Waals surface area contributed by atoms with Crippen molar-refractivity contribution in [2.75, 3.05) is 40.1 Å². The van der Waals surface area contributed by atoms with Crippen molar-refractivity contribution in [3.63, 3.8) is 0 Å². The number of benzene rings is 2. The number of aliphatic hydroxyl groups is 2. The third-order valence-electron chi connectivity index (χ3n) is 7.24. The molecule has 1 heterocycles. The van der Waals surface area contributed by atoms with E-state index in [1.54, 1.807) is 7.11 Å². The topological polar surface area (TPSA) is 86.6 Å². The van der Waals surface area contributed by atoms with Crippen LogP contribution >= 0.6 is 11.6 Å². The number of hydrogen-bond acceptors (Lipinski definition) is 7. The average molecular weight is 565 g/mol. The second-order valence-corrected chi connectivity index (χ2v) is 10.6. The summed E-state index contributed by atoms with van der Waals surface area (Å²) in [5.74, 6) is -0.618. The Balaban J connectivity index is 2.05. The van der Waals surface area contributed by atoms with E-state index in [0.717, 1.165) is 42.6 Å². The van der Waals surface area contributed by atoms with E-state index in [4.69, 9.17) is 35.3 Å².